The third-order valence-electron chi connectivity index (χ3n) is 0.942. The fraction of sp³-hybridized carbons (Fsp3) is 0.300. The van der Waals surface area contributed by atoms with Crippen molar-refractivity contribution < 1.29 is 0 Å². The second kappa shape index (κ2) is 7.00. The third-order valence-corrected chi connectivity index (χ3v) is 0.942. The van der Waals surface area contributed by atoms with E-state index in [1.165, 1.54) is 0 Å². The lowest BCUT2D eigenvalue weighted by Crippen LogP contribution is -1.69. The first-order valence-corrected chi connectivity index (χ1v) is 6.48. The maximum Gasteiger partial charge on any atom is 0.0273 e. The van der Waals surface area contributed by atoms with Gasteiger partial charge in [0.2, 0.25) is 0 Å². The van der Waals surface area contributed by atoms with Gasteiger partial charge >= 0.3 is 0 Å². The molecule has 0 unspecified atom stereocenters. The molecular formula is C10H16NP. The van der Waals surface area contributed by atoms with Crippen LogP contribution in [0.15, 0.2) is 31.1 Å². The Morgan fingerprint density at radius 3 is 1.92 bits per heavy atom. The van der Waals surface area contributed by atoms with Gasteiger partial charge in [-0.15, -0.1) is 7.92 Å². The van der Waals surface area contributed by atoms with Crippen LogP contribution in [0.4, 0.5) is 0 Å². The first kappa shape index (κ1) is 11.3. The summed E-state index contributed by atoms with van der Waals surface area (Å²) in [6.45, 7) is 10.3. The van der Waals surface area contributed by atoms with Crippen LogP contribution in [0.2, 0.25) is 0 Å². The molecule has 0 spiro atoms. The van der Waals surface area contributed by atoms with Gasteiger partial charge < -0.3 is 0 Å². The molecule has 66 valence electrons. The van der Waals surface area contributed by atoms with Crippen LogP contribution < -0.4 is 0 Å². The summed E-state index contributed by atoms with van der Waals surface area (Å²) in [5.74, 6) is 0. The third kappa shape index (κ3) is 7.43. The molecule has 12 heavy (non-hydrogen) atoms. The summed E-state index contributed by atoms with van der Waals surface area (Å²) in [4.78, 5) is 3.85. The van der Waals surface area contributed by atoms with Crippen LogP contribution in [0.3, 0.4) is 0 Å². The normalized spacial score (nSPS) is 8.67. The van der Waals surface area contributed by atoms with Gasteiger partial charge in [-0.2, -0.15) is 0 Å². The Balaban J connectivity index is 0.000000261. The first-order valence-electron chi connectivity index (χ1n) is 3.80. The fourth-order valence-corrected chi connectivity index (χ4v) is 0.500. The van der Waals surface area contributed by atoms with Gasteiger partial charge in [-0.1, -0.05) is 12.7 Å². The van der Waals surface area contributed by atoms with Gasteiger partial charge in [0.15, 0.2) is 0 Å². The van der Waals surface area contributed by atoms with E-state index in [1.54, 1.807) is 18.5 Å². The van der Waals surface area contributed by atoms with Gasteiger partial charge in [-0.3, -0.25) is 4.98 Å². The summed E-state index contributed by atoms with van der Waals surface area (Å²) in [5, 5.41) is 0. The molecule has 0 radical (unpaired) electrons. The van der Waals surface area contributed by atoms with Gasteiger partial charge in [-0.05, 0) is 37.7 Å². The quantitative estimate of drug-likeness (QED) is 0.607. The van der Waals surface area contributed by atoms with E-state index >= 15 is 0 Å². The van der Waals surface area contributed by atoms with Crippen molar-refractivity contribution in [2.45, 2.75) is 0 Å². The van der Waals surface area contributed by atoms with E-state index in [-0.39, 0.29) is 0 Å². The van der Waals surface area contributed by atoms with Crippen LogP contribution in [-0.2, 0) is 0 Å². The van der Waals surface area contributed by atoms with E-state index in [1.807, 2.05) is 12.1 Å². The molecule has 0 atom stereocenters. The molecule has 0 saturated heterocycles. The topological polar surface area (TPSA) is 12.9 Å². The summed E-state index contributed by atoms with van der Waals surface area (Å²) in [5.41, 5.74) is 1.11. The molecule has 1 heterocycles. The predicted octanol–water partition coefficient (Wildman–Crippen LogP) is 3.08. The minimum Gasteiger partial charge on any atom is -0.265 e. The summed E-state index contributed by atoms with van der Waals surface area (Å²) in [7, 11) is 0.380. The smallest absolute Gasteiger partial charge is 0.0273 e. The zero-order valence-electron chi connectivity index (χ0n) is 7.99. The molecule has 0 aliphatic heterocycles. The first-order chi connectivity index (χ1) is 5.66. The number of aromatic nitrogens is 1. The summed E-state index contributed by atoms with van der Waals surface area (Å²) < 4.78 is 0. The van der Waals surface area contributed by atoms with Crippen LogP contribution in [0.5, 0.6) is 0 Å². The molecule has 0 bridgehead atoms. The maximum absolute atomic E-state index is 3.85. The predicted molar refractivity (Wildman–Crippen MR) is 59.0 cm³/mol. The molecule has 1 rings (SSSR count). The van der Waals surface area contributed by atoms with E-state index in [0.717, 1.165) is 5.56 Å². The lowest BCUT2D eigenvalue weighted by atomic mass is 10.3. The van der Waals surface area contributed by atoms with Gasteiger partial charge in [0.25, 0.3) is 0 Å². The van der Waals surface area contributed by atoms with Crippen molar-refractivity contribution in [1.82, 2.24) is 4.98 Å². The Morgan fingerprint density at radius 2 is 1.67 bits per heavy atom. The van der Waals surface area contributed by atoms with Gasteiger partial charge in [0, 0.05) is 12.4 Å². The van der Waals surface area contributed by atoms with Crippen molar-refractivity contribution >= 4 is 14.0 Å². The highest BCUT2D eigenvalue weighted by Crippen LogP contribution is 2.14. The van der Waals surface area contributed by atoms with Crippen molar-refractivity contribution in [2.75, 3.05) is 20.0 Å². The Labute approximate surface area is 76.3 Å². The number of hydrogen-bond acceptors (Lipinski definition) is 1. The summed E-state index contributed by atoms with van der Waals surface area (Å²) >= 11 is 0. The van der Waals surface area contributed by atoms with Crippen LogP contribution >= 0.6 is 7.92 Å². The molecule has 0 saturated carbocycles. The monoisotopic (exact) mass is 181 g/mol. The van der Waals surface area contributed by atoms with E-state index < -0.39 is 0 Å². The molecule has 0 aliphatic rings. The Hall–Kier alpha value is -0.680. The number of nitrogens with zero attached hydrogens (tertiary/aromatic N) is 1. The average molecular weight is 181 g/mol. The second-order valence-corrected chi connectivity index (χ2v) is 5.51. The number of hydrogen-bond donors (Lipinski definition) is 0. The van der Waals surface area contributed by atoms with Crippen molar-refractivity contribution in [3.8, 4) is 0 Å². The van der Waals surface area contributed by atoms with Crippen molar-refractivity contribution in [3.63, 3.8) is 0 Å². The van der Waals surface area contributed by atoms with Crippen molar-refractivity contribution in [2.24, 2.45) is 0 Å². The minimum atomic E-state index is 0.380. The lowest BCUT2D eigenvalue weighted by Gasteiger charge is -1.84. The number of rotatable bonds is 1. The zero-order chi connectivity index (χ0) is 9.40. The molecule has 0 N–H and O–H groups in total. The van der Waals surface area contributed by atoms with E-state index in [4.69, 9.17) is 0 Å². The highest BCUT2D eigenvalue weighted by Gasteiger charge is 1.76. The molecule has 0 amide bonds. The SMILES string of the molecule is C=Cc1ccncc1.CP(C)C. The fourth-order valence-electron chi connectivity index (χ4n) is 0.500. The number of pyridine rings is 1. The Bertz CT molecular complexity index is 204. The highest BCUT2D eigenvalue weighted by atomic mass is 31.1. The highest BCUT2D eigenvalue weighted by molar-refractivity contribution is 7.55. The van der Waals surface area contributed by atoms with E-state index in [2.05, 4.69) is 31.6 Å². The standard InChI is InChI=1S/C7H7N.C3H9P/c1-2-7-3-5-8-6-4-7;1-4(2)3/h2-6H,1H2;1-3H3. The molecule has 1 nitrogen and oxygen atoms in total. The molecular weight excluding hydrogens is 165 g/mol. The van der Waals surface area contributed by atoms with Gasteiger partial charge in [-0.25, -0.2) is 0 Å². The zero-order valence-corrected chi connectivity index (χ0v) is 8.88. The van der Waals surface area contributed by atoms with Crippen LogP contribution in [0, 0.1) is 0 Å². The molecule has 1 aromatic rings. The maximum atomic E-state index is 3.85. The molecule has 0 fully saturated rings. The molecule has 0 aliphatic carbocycles. The second-order valence-electron chi connectivity index (χ2n) is 2.83. The van der Waals surface area contributed by atoms with E-state index in [0.29, 0.717) is 7.92 Å². The Morgan fingerprint density at radius 1 is 1.25 bits per heavy atom. The van der Waals surface area contributed by atoms with Crippen LogP contribution in [-0.4, -0.2) is 25.0 Å². The van der Waals surface area contributed by atoms with Crippen molar-refractivity contribution in [1.29, 1.82) is 0 Å². The lowest BCUT2D eigenvalue weighted by molar-refractivity contribution is 1.32. The van der Waals surface area contributed by atoms with Gasteiger partial charge in [0.1, 0.15) is 0 Å². The van der Waals surface area contributed by atoms with Crippen LogP contribution in [0.1, 0.15) is 5.56 Å². The summed E-state index contributed by atoms with van der Waals surface area (Å²) in [6, 6.07) is 3.82. The van der Waals surface area contributed by atoms with Crippen molar-refractivity contribution in [3.05, 3.63) is 36.7 Å². The Kier molecular flexibility index (Phi) is 6.60. The average Bonchev–Trinajstić information content (AvgIpc) is 2.05. The van der Waals surface area contributed by atoms with Gasteiger partial charge in [0.05, 0.1) is 0 Å². The van der Waals surface area contributed by atoms with E-state index in [9.17, 15) is 0 Å². The minimum absolute atomic E-state index is 0.380. The molecule has 1 aromatic heterocycles. The largest absolute Gasteiger partial charge is 0.265 e. The molecule has 2 heteroatoms. The summed E-state index contributed by atoms with van der Waals surface area (Å²) in [6.07, 6.45) is 5.29. The van der Waals surface area contributed by atoms with Crippen LogP contribution in [0.25, 0.3) is 6.08 Å². The molecule has 0 aromatic carbocycles.